The largest absolute Gasteiger partial charge is 0.396 e. The number of anilines is 1. The van der Waals surface area contributed by atoms with Crippen molar-refractivity contribution in [3.63, 3.8) is 0 Å². The number of aryl methyl sites for hydroxylation is 1. The standard InChI is InChI=1S/C16H14N6O/c1-8-12(13(18)15-16(19-8)22-23-21-15)6-11-5-4-10(7-17)14(20-11)9-2-3-9/h4-5,9H,2-3,6,18H2,1H3. The normalized spacial score (nSPS) is 14.1. The first-order chi connectivity index (χ1) is 11.2. The van der Waals surface area contributed by atoms with Crippen LogP contribution in [0.5, 0.6) is 0 Å². The van der Waals surface area contributed by atoms with Gasteiger partial charge >= 0.3 is 0 Å². The van der Waals surface area contributed by atoms with Crippen LogP contribution in [0, 0.1) is 18.3 Å². The van der Waals surface area contributed by atoms with E-state index in [1.54, 1.807) is 0 Å². The molecule has 0 aliphatic heterocycles. The van der Waals surface area contributed by atoms with Crippen molar-refractivity contribution in [2.45, 2.75) is 32.1 Å². The second kappa shape index (κ2) is 5.02. The summed E-state index contributed by atoms with van der Waals surface area (Å²) in [5, 5.41) is 16.7. The highest BCUT2D eigenvalue weighted by atomic mass is 16.6. The Labute approximate surface area is 132 Å². The van der Waals surface area contributed by atoms with Crippen LogP contribution in [0.4, 0.5) is 5.69 Å². The average Bonchev–Trinajstić information content (AvgIpc) is 3.30. The molecule has 1 aliphatic rings. The minimum atomic E-state index is 0.412. The zero-order chi connectivity index (χ0) is 16.0. The van der Waals surface area contributed by atoms with Gasteiger partial charge in [0.05, 0.1) is 16.9 Å². The van der Waals surface area contributed by atoms with Crippen molar-refractivity contribution >= 4 is 16.9 Å². The van der Waals surface area contributed by atoms with Gasteiger partial charge < -0.3 is 5.73 Å². The van der Waals surface area contributed by atoms with Crippen molar-refractivity contribution in [1.82, 2.24) is 20.3 Å². The monoisotopic (exact) mass is 306 g/mol. The molecule has 0 bridgehead atoms. The van der Waals surface area contributed by atoms with Crippen molar-refractivity contribution in [2.75, 3.05) is 5.73 Å². The highest BCUT2D eigenvalue weighted by Gasteiger charge is 2.28. The Bertz CT molecular complexity index is 951. The number of hydrogen-bond acceptors (Lipinski definition) is 7. The minimum absolute atomic E-state index is 0.412. The number of nitrogens with zero attached hydrogens (tertiary/aromatic N) is 5. The maximum absolute atomic E-state index is 9.21. The lowest BCUT2D eigenvalue weighted by Crippen LogP contribution is -2.05. The second-order valence-electron chi connectivity index (χ2n) is 5.82. The Balaban J connectivity index is 1.76. The molecule has 0 atom stereocenters. The molecule has 0 saturated heterocycles. The summed E-state index contributed by atoms with van der Waals surface area (Å²) in [6, 6.07) is 5.93. The Kier molecular flexibility index (Phi) is 2.98. The number of nitriles is 1. The van der Waals surface area contributed by atoms with E-state index in [2.05, 4.69) is 26.4 Å². The van der Waals surface area contributed by atoms with Crippen LogP contribution in [-0.2, 0) is 6.42 Å². The quantitative estimate of drug-likeness (QED) is 0.789. The Morgan fingerprint density at radius 3 is 2.87 bits per heavy atom. The average molecular weight is 306 g/mol. The van der Waals surface area contributed by atoms with E-state index in [-0.39, 0.29) is 0 Å². The maximum atomic E-state index is 9.21. The van der Waals surface area contributed by atoms with E-state index in [4.69, 9.17) is 10.4 Å². The summed E-state index contributed by atoms with van der Waals surface area (Å²) in [6.45, 7) is 1.88. The van der Waals surface area contributed by atoms with Crippen LogP contribution < -0.4 is 5.73 Å². The molecule has 3 aromatic heterocycles. The van der Waals surface area contributed by atoms with Crippen molar-refractivity contribution in [1.29, 1.82) is 5.26 Å². The van der Waals surface area contributed by atoms with Crippen LogP contribution in [0.1, 0.15) is 47.0 Å². The number of rotatable bonds is 3. The lowest BCUT2D eigenvalue weighted by atomic mass is 10.0. The Morgan fingerprint density at radius 1 is 1.30 bits per heavy atom. The maximum Gasteiger partial charge on any atom is 0.226 e. The lowest BCUT2D eigenvalue weighted by molar-refractivity contribution is 0.315. The molecule has 1 saturated carbocycles. The van der Waals surface area contributed by atoms with Crippen LogP contribution in [0.25, 0.3) is 11.2 Å². The highest BCUT2D eigenvalue weighted by molar-refractivity contribution is 5.85. The number of pyridine rings is 2. The van der Waals surface area contributed by atoms with Gasteiger partial charge in [0.1, 0.15) is 6.07 Å². The topological polar surface area (TPSA) is 115 Å². The van der Waals surface area contributed by atoms with Crippen LogP contribution in [-0.4, -0.2) is 20.3 Å². The van der Waals surface area contributed by atoms with Crippen molar-refractivity contribution in [2.24, 2.45) is 0 Å². The third-order valence-corrected chi connectivity index (χ3v) is 4.19. The highest BCUT2D eigenvalue weighted by Crippen LogP contribution is 2.40. The van der Waals surface area contributed by atoms with Gasteiger partial charge in [0, 0.05) is 29.3 Å². The van der Waals surface area contributed by atoms with Gasteiger partial charge in [-0.05, 0) is 42.2 Å². The fourth-order valence-corrected chi connectivity index (χ4v) is 2.77. The van der Waals surface area contributed by atoms with Crippen molar-refractivity contribution in [3.8, 4) is 6.07 Å². The molecule has 0 aromatic carbocycles. The molecule has 1 aliphatic carbocycles. The molecule has 3 heterocycles. The summed E-state index contributed by atoms with van der Waals surface area (Å²) in [5.41, 5.74) is 11.7. The number of hydrogen-bond donors (Lipinski definition) is 1. The smallest absolute Gasteiger partial charge is 0.226 e. The molecular weight excluding hydrogens is 292 g/mol. The van der Waals surface area contributed by atoms with Crippen LogP contribution in [0.2, 0.25) is 0 Å². The Morgan fingerprint density at radius 2 is 2.13 bits per heavy atom. The van der Waals surface area contributed by atoms with Gasteiger partial charge in [-0.25, -0.2) is 9.61 Å². The van der Waals surface area contributed by atoms with Gasteiger partial charge in [-0.15, -0.1) is 0 Å². The molecule has 0 spiro atoms. The van der Waals surface area contributed by atoms with Crippen LogP contribution in [0.3, 0.4) is 0 Å². The molecule has 0 amide bonds. The molecular formula is C16H14N6O. The summed E-state index contributed by atoms with van der Waals surface area (Å²) in [5.74, 6) is 0.420. The predicted molar refractivity (Wildman–Crippen MR) is 82.5 cm³/mol. The molecule has 23 heavy (non-hydrogen) atoms. The molecule has 0 unspecified atom stereocenters. The van der Waals surface area contributed by atoms with Crippen LogP contribution in [0.15, 0.2) is 16.8 Å². The van der Waals surface area contributed by atoms with Crippen molar-refractivity contribution in [3.05, 3.63) is 40.3 Å². The summed E-state index contributed by atoms with van der Waals surface area (Å²) in [4.78, 5) is 9.05. The van der Waals surface area contributed by atoms with E-state index in [9.17, 15) is 5.26 Å². The SMILES string of the molecule is Cc1nc2nonc2c(N)c1Cc1ccc(C#N)c(C2CC2)n1. The lowest BCUT2D eigenvalue weighted by Gasteiger charge is -2.10. The number of nitrogens with two attached hydrogens (primary N) is 1. The van der Waals surface area contributed by atoms with E-state index in [1.165, 1.54) is 0 Å². The summed E-state index contributed by atoms with van der Waals surface area (Å²) in [7, 11) is 0. The second-order valence-corrected chi connectivity index (χ2v) is 5.82. The third kappa shape index (κ3) is 2.28. The summed E-state index contributed by atoms with van der Waals surface area (Å²) in [6.07, 6.45) is 2.74. The molecule has 1 fully saturated rings. The molecule has 3 aromatic rings. The summed E-state index contributed by atoms with van der Waals surface area (Å²) >= 11 is 0. The first kappa shape index (κ1) is 13.6. The van der Waals surface area contributed by atoms with Gasteiger partial charge in [0.15, 0.2) is 5.52 Å². The fraction of sp³-hybridized carbons (Fsp3) is 0.312. The van der Waals surface area contributed by atoms with Gasteiger partial charge in [-0.3, -0.25) is 4.98 Å². The van der Waals surface area contributed by atoms with Crippen molar-refractivity contribution < 1.29 is 4.63 Å². The molecule has 7 nitrogen and oxygen atoms in total. The van der Waals surface area contributed by atoms with E-state index in [0.717, 1.165) is 35.5 Å². The zero-order valence-electron chi connectivity index (χ0n) is 12.6. The van der Waals surface area contributed by atoms with Gasteiger partial charge in [0.25, 0.3) is 0 Å². The number of nitrogen functional groups attached to an aromatic ring is 1. The van der Waals surface area contributed by atoms with E-state index in [0.29, 0.717) is 34.8 Å². The minimum Gasteiger partial charge on any atom is -0.396 e. The van der Waals surface area contributed by atoms with E-state index < -0.39 is 0 Å². The molecule has 4 rings (SSSR count). The third-order valence-electron chi connectivity index (χ3n) is 4.19. The molecule has 0 radical (unpaired) electrons. The Hall–Kier alpha value is -3.01. The first-order valence-electron chi connectivity index (χ1n) is 7.44. The number of fused-ring (bicyclic) bond motifs is 1. The van der Waals surface area contributed by atoms with Gasteiger partial charge in [0.2, 0.25) is 5.65 Å². The predicted octanol–water partition coefficient (Wildman–Crippen LogP) is 2.24. The summed E-state index contributed by atoms with van der Waals surface area (Å²) < 4.78 is 4.70. The van der Waals surface area contributed by atoms with Gasteiger partial charge in [-0.1, -0.05) is 0 Å². The molecule has 7 heteroatoms. The van der Waals surface area contributed by atoms with Gasteiger partial charge in [-0.2, -0.15) is 5.26 Å². The first-order valence-corrected chi connectivity index (χ1v) is 7.44. The van der Waals surface area contributed by atoms with E-state index in [1.807, 2.05) is 19.1 Å². The fourth-order valence-electron chi connectivity index (χ4n) is 2.77. The van der Waals surface area contributed by atoms with E-state index >= 15 is 0 Å². The zero-order valence-corrected chi connectivity index (χ0v) is 12.6. The number of aromatic nitrogens is 4. The molecule has 2 N–H and O–H groups in total. The van der Waals surface area contributed by atoms with Crippen LogP contribution >= 0.6 is 0 Å². The molecule has 114 valence electrons.